The molecule has 0 unspecified atom stereocenters. The zero-order chi connectivity index (χ0) is 18.8. The number of nitrogens with two attached hydrogens (primary N) is 1. The molecule has 0 spiro atoms. The van der Waals surface area contributed by atoms with Crippen molar-refractivity contribution in [2.45, 2.75) is 26.2 Å². The van der Waals surface area contributed by atoms with E-state index in [-0.39, 0.29) is 22.9 Å². The van der Waals surface area contributed by atoms with Gasteiger partial charge in [0.15, 0.2) is 5.69 Å². The number of ether oxygens (including phenoxy) is 1. The maximum absolute atomic E-state index is 12.3. The summed E-state index contributed by atoms with van der Waals surface area (Å²) in [6.07, 6.45) is 3.75. The van der Waals surface area contributed by atoms with Crippen LogP contribution in [0.5, 0.6) is 0 Å². The lowest BCUT2D eigenvalue weighted by Crippen LogP contribution is -2.35. The van der Waals surface area contributed by atoms with Gasteiger partial charge in [-0.3, -0.25) is 4.79 Å². The third kappa shape index (κ3) is 2.80. The molecular weight excluding hydrogens is 332 g/mol. The summed E-state index contributed by atoms with van der Waals surface area (Å²) in [5.74, 6) is -0.566. The second kappa shape index (κ2) is 6.92. The molecule has 1 aromatic carbocycles. The highest BCUT2D eigenvalue weighted by atomic mass is 16.5. The van der Waals surface area contributed by atoms with Gasteiger partial charge in [-0.2, -0.15) is 5.26 Å². The summed E-state index contributed by atoms with van der Waals surface area (Å²) in [5.41, 5.74) is 8.91. The van der Waals surface area contributed by atoms with Crippen LogP contribution in [-0.2, 0) is 16.0 Å². The lowest BCUT2D eigenvalue weighted by molar-refractivity contribution is -0.118. The van der Waals surface area contributed by atoms with E-state index in [0.717, 1.165) is 24.1 Å². The number of aromatic nitrogens is 1. The lowest BCUT2D eigenvalue weighted by atomic mass is 10.0. The maximum atomic E-state index is 12.3. The average Bonchev–Trinajstić information content (AvgIpc) is 3.02. The number of rotatable bonds is 3. The van der Waals surface area contributed by atoms with Crippen molar-refractivity contribution < 1.29 is 14.3 Å². The SMILES string of the molecule is CCC(=O)N1CCCc2ccc(-n3cc(C#N)c(N)c3C(=O)OC)cc21. The van der Waals surface area contributed by atoms with Crippen molar-refractivity contribution in [3.05, 3.63) is 41.2 Å². The maximum Gasteiger partial charge on any atom is 0.357 e. The van der Waals surface area contributed by atoms with E-state index in [0.29, 0.717) is 18.7 Å². The zero-order valence-electron chi connectivity index (χ0n) is 14.8. The molecule has 1 amide bonds. The molecule has 1 aliphatic rings. The van der Waals surface area contributed by atoms with Crippen LogP contribution in [0.2, 0.25) is 0 Å². The normalized spacial score (nSPS) is 13.0. The molecular formula is C19H20N4O3. The first-order valence-corrected chi connectivity index (χ1v) is 8.44. The average molecular weight is 352 g/mol. The van der Waals surface area contributed by atoms with Gasteiger partial charge in [-0.25, -0.2) is 4.79 Å². The van der Waals surface area contributed by atoms with Crippen LogP contribution in [-0.4, -0.2) is 30.1 Å². The summed E-state index contributed by atoms with van der Waals surface area (Å²) in [5, 5.41) is 9.25. The number of carbonyl (C=O) groups excluding carboxylic acids is 2. The summed E-state index contributed by atoms with van der Waals surface area (Å²) in [6, 6.07) is 7.64. The standard InChI is InChI=1S/C19H20N4O3/c1-3-16(24)22-8-4-5-12-6-7-14(9-15(12)22)23-11-13(10-20)17(21)18(23)19(25)26-2/h6-7,9,11H,3-5,8,21H2,1-2H3. The number of hydrogen-bond acceptors (Lipinski definition) is 5. The molecule has 0 atom stereocenters. The number of esters is 1. The highest BCUT2D eigenvalue weighted by molar-refractivity contribution is 5.97. The third-order valence-electron chi connectivity index (χ3n) is 4.61. The van der Waals surface area contributed by atoms with Crippen molar-refractivity contribution in [3.8, 4) is 11.8 Å². The summed E-state index contributed by atoms with van der Waals surface area (Å²) < 4.78 is 6.36. The third-order valence-corrected chi connectivity index (χ3v) is 4.61. The Kier molecular flexibility index (Phi) is 4.67. The monoisotopic (exact) mass is 352 g/mol. The van der Waals surface area contributed by atoms with Crippen LogP contribution < -0.4 is 10.6 Å². The zero-order valence-corrected chi connectivity index (χ0v) is 14.8. The van der Waals surface area contributed by atoms with Crippen LogP contribution in [0.4, 0.5) is 11.4 Å². The first-order valence-electron chi connectivity index (χ1n) is 8.44. The van der Waals surface area contributed by atoms with Gasteiger partial charge in [0.25, 0.3) is 0 Å². The molecule has 7 heteroatoms. The topological polar surface area (TPSA) is 101 Å². The largest absolute Gasteiger partial charge is 0.464 e. The fourth-order valence-corrected chi connectivity index (χ4v) is 3.28. The molecule has 26 heavy (non-hydrogen) atoms. The van der Waals surface area contributed by atoms with E-state index in [2.05, 4.69) is 0 Å². The van der Waals surface area contributed by atoms with Crippen LogP contribution in [0.3, 0.4) is 0 Å². The van der Waals surface area contributed by atoms with Gasteiger partial charge < -0.3 is 19.9 Å². The molecule has 7 nitrogen and oxygen atoms in total. The summed E-state index contributed by atoms with van der Waals surface area (Å²) in [6.45, 7) is 2.51. The number of nitriles is 1. The Morgan fingerprint density at radius 3 is 2.81 bits per heavy atom. The fourth-order valence-electron chi connectivity index (χ4n) is 3.28. The van der Waals surface area contributed by atoms with Crippen LogP contribution in [0.25, 0.3) is 5.69 Å². The number of amides is 1. The van der Waals surface area contributed by atoms with E-state index in [1.807, 2.05) is 31.2 Å². The minimum atomic E-state index is -0.622. The number of nitrogens with zero attached hydrogens (tertiary/aromatic N) is 3. The van der Waals surface area contributed by atoms with E-state index < -0.39 is 5.97 Å². The Labute approximate surface area is 151 Å². The molecule has 1 aromatic heterocycles. The van der Waals surface area contributed by atoms with Gasteiger partial charge >= 0.3 is 5.97 Å². The Hall–Kier alpha value is -3.27. The molecule has 0 saturated heterocycles. The van der Waals surface area contributed by atoms with Crippen molar-refractivity contribution in [2.24, 2.45) is 0 Å². The minimum absolute atomic E-state index is 0.0565. The van der Waals surface area contributed by atoms with Gasteiger partial charge in [-0.1, -0.05) is 13.0 Å². The molecule has 0 radical (unpaired) electrons. The number of carbonyl (C=O) groups is 2. The Bertz CT molecular complexity index is 924. The van der Waals surface area contributed by atoms with Gasteiger partial charge in [0, 0.05) is 30.5 Å². The first-order chi connectivity index (χ1) is 12.5. The Morgan fingerprint density at radius 2 is 2.15 bits per heavy atom. The first kappa shape index (κ1) is 17.5. The summed E-state index contributed by atoms with van der Waals surface area (Å²) in [7, 11) is 1.26. The van der Waals surface area contributed by atoms with Gasteiger partial charge in [0.05, 0.1) is 18.4 Å². The van der Waals surface area contributed by atoms with E-state index in [4.69, 9.17) is 10.5 Å². The van der Waals surface area contributed by atoms with Gasteiger partial charge in [-0.05, 0) is 30.5 Å². The number of anilines is 2. The highest BCUT2D eigenvalue weighted by Gasteiger charge is 2.25. The van der Waals surface area contributed by atoms with Crippen LogP contribution in [0.15, 0.2) is 24.4 Å². The van der Waals surface area contributed by atoms with Gasteiger partial charge in [-0.15, -0.1) is 0 Å². The van der Waals surface area contributed by atoms with E-state index >= 15 is 0 Å². The molecule has 2 heterocycles. The van der Waals surface area contributed by atoms with Crippen molar-refractivity contribution >= 4 is 23.3 Å². The number of hydrogen-bond donors (Lipinski definition) is 1. The summed E-state index contributed by atoms with van der Waals surface area (Å²) in [4.78, 5) is 26.2. The highest BCUT2D eigenvalue weighted by Crippen LogP contribution is 2.32. The quantitative estimate of drug-likeness (QED) is 0.855. The van der Waals surface area contributed by atoms with E-state index in [1.165, 1.54) is 13.3 Å². The number of benzene rings is 1. The van der Waals surface area contributed by atoms with Gasteiger partial charge in [0.1, 0.15) is 6.07 Å². The van der Waals surface area contributed by atoms with E-state index in [1.54, 1.807) is 9.47 Å². The molecule has 0 bridgehead atoms. The number of methoxy groups -OCH3 is 1. The molecule has 3 rings (SSSR count). The predicted octanol–water partition coefficient (Wildman–Crippen LogP) is 2.41. The van der Waals surface area contributed by atoms with Crippen molar-refractivity contribution in [2.75, 3.05) is 24.3 Å². The lowest BCUT2D eigenvalue weighted by Gasteiger charge is -2.30. The van der Waals surface area contributed by atoms with Crippen molar-refractivity contribution in [1.82, 2.24) is 4.57 Å². The van der Waals surface area contributed by atoms with Crippen molar-refractivity contribution in [1.29, 1.82) is 5.26 Å². The number of nitrogen functional groups attached to an aromatic ring is 1. The molecule has 2 N–H and O–H groups in total. The van der Waals surface area contributed by atoms with Crippen molar-refractivity contribution in [3.63, 3.8) is 0 Å². The molecule has 2 aromatic rings. The fraction of sp³-hybridized carbons (Fsp3) is 0.316. The van der Waals surface area contributed by atoms with Crippen LogP contribution in [0.1, 0.15) is 41.4 Å². The number of fused-ring (bicyclic) bond motifs is 1. The number of aryl methyl sites for hydroxylation is 1. The second-order valence-electron chi connectivity index (χ2n) is 6.09. The second-order valence-corrected chi connectivity index (χ2v) is 6.09. The molecule has 0 saturated carbocycles. The predicted molar refractivity (Wildman–Crippen MR) is 97.2 cm³/mol. The van der Waals surface area contributed by atoms with E-state index in [9.17, 15) is 14.9 Å². The molecule has 0 aliphatic carbocycles. The molecule has 134 valence electrons. The smallest absolute Gasteiger partial charge is 0.357 e. The Balaban J connectivity index is 2.16. The van der Waals surface area contributed by atoms with Crippen LogP contribution in [0, 0.1) is 11.3 Å². The minimum Gasteiger partial charge on any atom is -0.464 e. The molecule has 1 aliphatic heterocycles. The van der Waals surface area contributed by atoms with Gasteiger partial charge in [0.2, 0.25) is 5.91 Å². The van der Waals surface area contributed by atoms with Crippen LogP contribution >= 0.6 is 0 Å². The Morgan fingerprint density at radius 1 is 1.38 bits per heavy atom. The summed E-state index contributed by atoms with van der Waals surface area (Å²) >= 11 is 0. The molecule has 0 fully saturated rings.